The Kier molecular flexibility index (Phi) is 4.16. The summed E-state index contributed by atoms with van der Waals surface area (Å²) in [6, 6.07) is 0. The van der Waals surface area contributed by atoms with E-state index in [0.717, 1.165) is 6.42 Å². The molecule has 0 spiro atoms. The van der Waals surface area contributed by atoms with Gasteiger partial charge in [0.05, 0.1) is 0 Å². The van der Waals surface area contributed by atoms with Gasteiger partial charge in [0.2, 0.25) is 0 Å². The van der Waals surface area contributed by atoms with Crippen molar-refractivity contribution in [3.05, 3.63) is 0 Å². The molecule has 0 N–H and O–H groups in total. The van der Waals surface area contributed by atoms with Crippen LogP contribution in [0, 0.1) is 0 Å². The second-order valence-corrected chi connectivity index (χ2v) is 6.32. The van der Waals surface area contributed by atoms with Crippen LogP contribution in [0.15, 0.2) is 0 Å². The zero-order valence-corrected chi connectivity index (χ0v) is 8.76. The SMILES string of the molecule is CCC(C)(C)[SiH](OC)OC. The highest BCUT2D eigenvalue weighted by molar-refractivity contribution is 6.48. The Labute approximate surface area is 65.4 Å². The van der Waals surface area contributed by atoms with E-state index in [2.05, 4.69) is 20.8 Å². The summed E-state index contributed by atoms with van der Waals surface area (Å²) in [6.07, 6.45) is 1.12. The highest BCUT2D eigenvalue weighted by atomic mass is 28.3. The fourth-order valence-corrected chi connectivity index (χ4v) is 2.70. The summed E-state index contributed by atoms with van der Waals surface area (Å²) in [5.41, 5.74) is 0. The van der Waals surface area contributed by atoms with E-state index >= 15 is 0 Å². The first-order valence-corrected chi connectivity index (χ1v) is 5.16. The second-order valence-electron chi connectivity index (χ2n) is 3.15. The Balaban J connectivity index is 3.97. The fourth-order valence-electron chi connectivity index (χ4n) is 0.901. The summed E-state index contributed by atoms with van der Waals surface area (Å²) in [7, 11) is 2.07. The molecule has 0 saturated carbocycles. The monoisotopic (exact) mass is 162 g/mol. The van der Waals surface area contributed by atoms with Gasteiger partial charge in [0.1, 0.15) is 0 Å². The van der Waals surface area contributed by atoms with Crippen LogP contribution in [0.25, 0.3) is 0 Å². The van der Waals surface area contributed by atoms with Crippen molar-refractivity contribution in [2.24, 2.45) is 0 Å². The van der Waals surface area contributed by atoms with Gasteiger partial charge in [-0.2, -0.15) is 0 Å². The van der Waals surface area contributed by atoms with Crippen LogP contribution in [0.5, 0.6) is 0 Å². The van der Waals surface area contributed by atoms with E-state index in [1.54, 1.807) is 14.2 Å². The molecule has 0 aromatic rings. The summed E-state index contributed by atoms with van der Waals surface area (Å²) in [5, 5.41) is 0.253. The Bertz CT molecular complexity index is 89.6. The lowest BCUT2D eigenvalue weighted by Crippen LogP contribution is -2.32. The van der Waals surface area contributed by atoms with Crippen molar-refractivity contribution in [2.75, 3.05) is 14.2 Å². The van der Waals surface area contributed by atoms with E-state index in [0.29, 0.717) is 0 Å². The highest BCUT2D eigenvalue weighted by Gasteiger charge is 2.30. The molecule has 0 aromatic carbocycles. The quantitative estimate of drug-likeness (QED) is 0.586. The van der Waals surface area contributed by atoms with Crippen molar-refractivity contribution in [3.8, 4) is 0 Å². The third-order valence-corrected chi connectivity index (χ3v) is 4.52. The molecule has 0 aliphatic carbocycles. The summed E-state index contributed by atoms with van der Waals surface area (Å²) in [4.78, 5) is 0. The van der Waals surface area contributed by atoms with Crippen LogP contribution in [0.4, 0.5) is 0 Å². The van der Waals surface area contributed by atoms with Crippen molar-refractivity contribution in [2.45, 2.75) is 32.2 Å². The van der Waals surface area contributed by atoms with E-state index in [4.69, 9.17) is 8.85 Å². The molecule has 0 fully saturated rings. The van der Waals surface area contributed by atoms with Crippen LogP contribution in [0.2, 0.25) is 5.04 Å². The van der Waals surface area contributed by atoms with Crippen molar-refractivity contribution in [3.63, 3.8) is 0 Å². The minimum Gasteiger partial charge on any atom is -0.400 e. The average Bonchev–Trinajstić information content (AvgIpc) is 1.90. The minimum absolute atomic E-state index is 0.253. The number of hydrogen-bond donors (Lipinski definition) is 0. The predicted molar refractivity (Wildman–Crippen MR) is 45.5 cm³/mol. The van der Waals surface area contributed by atoms with E-state index in [1.165, 1.54) is 0 Å². The van der Waals surface area contributed by atoms with Gasteiger partial charge in [0.25, 0.3) is 0 Å². The average molecular weight is 162 g/mol. The van der Waals surface area contributed by atoms with Gasteiger partial charge in [0.15, 0.2) is 0 Å². The van der Waals surface area contributed by atoms with Gasteiger partial charge in [-0.05, 0) is 6.42 Å². The molecule has 3 heteroatoms. The Morgan fingerprint density at radius 3 is 1.70 bits per heavy atom. The molecule has 0 atom stereocenters. The zero-order valence-electron chi connectivity index (χ0n) is 7.60. The molecule has 0 bridgehead atoms. The normalized spacial score (nSPS) is 12.6. The Morgan fingerprint density at radius 2 is 1.60 bits per heavy atom. The first-order valence-electron chi connectivity index (χ1n) is 3.64. The van der Waals surface area contributed by atoms with Gasteiger partial charge in [-0.15, -0.1) is 0 Å². The molecule has 0 heterocycles. The van der Waals surface area contributed by atoms with Crippen molar-refractivity contribution in [1.29, 1.82) is 0 Å². The lowest BCUT2D eigenvalue weighted by Gasteiger charge is -2.28. The van der Waals surface area contributed by atoms with Gasteiger partial charge < -0.3 is 8.85 Å². The maximum atomic E-state index is 5.27. The standard InChI is InChI=1S/C7H18O2Si/c1-6-7(2,3)10(8-4)9-5/h10H,6H2,1-5H3. The van der Waals surface area contributed by atoms with Crippen LogP contribution in [0.1, 0.15) is 27.2 Å². The smallest absolute Gasteiger partial charge is 0.326 e. The lowest BCUT2D eigenvalue weighted by molar-refractivity contribution is 0.245. The lowest BCUT2D eigenvalue weighted by atomic mass is 10.1. The summed E-state index contributed by atoms with van der Waals surface area (Å²) in [6.45, 7) is 6.55. The number of rotatable bonds is 4. The van der Waals surface area contributed by atoms with Gasteiger partial charge >= 0.3 is 9.28 Å². The van der Waals surface area contributed by atoms with Crippen LogP contribution in [-0.4, -0.2) is 23.5 Å². The van der Waals surface area contributed by atoms with E-state index < -0.39 is 9.28 Å². The molecule has 0 saturated heterocycles. The maximum Gasteiger partial charge on any atom is 0.326 e. The topological polar surface area (TPSA) is 18.5 Å². The predicted octanol–water partition coefficient (Wildman–Crippen LogP) is 1.69. The molecule has 0 amide bonds. The molecule has 0 aliphatic rings. The van der Waals surface area contributed by atoms with Gasteiger partial charge in [-0.3, -0.25) is 0 Å². The van der Waals surface area contributed by atoms with E-state index in [-0.39, 0.29) is 5.04 Å². The molecule has 0 unspecified atom stereocenters. The van der Waals surface area contributed by atoms with Crippen LogP contribution in [0.3, 0.4) is 0 Å². The van der Waals surface area contributed by atoms with Crippen LogP contribution in [-0.2, 0) is 8.85 Å². The molecule has 0 aliphatic heterocycles. The molecule has 0 aromatic heterocycles. The molecule has 2 nitrogen and oxygen atoms in total. The first-order chi connectivity index (χ1) is 4.58. The molecule has 10 heavy (non-hydrogen) atoms. The van der Waals surface area contributed by atoms with Crippen molar-refractivity contribution < 1.29 is 8.85 Å². The molecular weight excluding hydrogens is 144 g/mol. The summed E-state index contributed by atoms with van der Waals surface area (Å²) >= 11 is 0. The van der Waals surface area contributed by atoms with Crippen molar-refractivity contribution in [1.82, 2.24) is 0 Å². The molecule has 0 radical (unpaired) electrons. The fraction of sp³-hybridized carbons (Fsp3) is 1.00. The largest absolute Gasteiger partial charge is 0.400 e. The molecule has 0 rings (SSSR count). The minimum atomic E-state index is -1.40. The molecular formula is C7H18O2Si. The summed E-state index contributed by atoms with van der Waals surface area (Å²) < 4.78 is 10.5. The Morgan fingerprint density at radius 1 is 1.20 bits per heavy atom. The first kappa shape index (κ1) is 10.1. The van der Waals surface area contributed by atoms with Crippen molar-refractivity contribution >= 4 is 9.28 Å². The second kappa shape index (κ2) is 4.11. The van der Waals surface area contributed by atoms with E-state index in [9.17, 15) is 0 Å². The van der Waals surface area contributed by atoms with Crippen LogP contribution >= 0.6 is 0 Å². The van der Waals surface area contributed by atoms with Gasteiger partial charge in [-0.1, -0.05) is 20.8 Å². The zero-order chi connectivity index (χ0) is 8.20. The van der Waals surface area contributed by atoms with Gasteiger partial charge in [0, 0.05) is 19.3 Å². The Hall–Kier alpha value is 0.137. The summed E-state index contributed by atoms with van der Waals surface area (Å²) in [5.74, 6) is 0. The third-order valence-electron chi connectivity index (χ3n) is 1.98. The number of hydrogen-bond acceptors (Lipinski definition) is 2. The molecule has 62 valence electrons. The third kappa shape index (κ3) is 2.40. The highest BCUT2D eigenvalue weighted by Crippen LogP contribution is 2.32. The van der Waals surface area contributed by atoms with E-state index in [1.807, 2.05) is 0 Å². The van der Waals surface area contributed by atoms with Crippen LogP contribution < -0.4 is 0 Å². The maximum absolute atomic E-state index is 5.27. The van der Waals surface area contributed by atoms with Gasteiger partial charge in [-0.25, -0.2) is 0 Å².